The molecule has 3 rings (SSSR count). The van der Waals surface area contributed by atoms with Gasteiger partial charge >= 0.3 is 0 Å². The van der Waals surface area contributed by atoms with Crippen molar-refractivity contribution in [1.29, 1.82) is 0 Å². The summed E-state index contributed by atoms with van der Waals surface area (Å²) < 4.78 is 16.1. The van der Waals surface area contributed by atoms with Gasteiger partial charge in [-0.2, -0.15) is 0 Å². The summed E-state index contributed by atoms with van der Waals surface area (Å²) in [6.45, 7) is 0. The fourth-order valence-electron chi connectivity index (χ4n) is 2.15. The van der Waals surface area contributed by atoms with Crippen molar-refractivity contribution in [3.05, 3.63) is 35.0 Å². The van der Waals surface area contributed by atoms with Crippen LogP contribution in [0.3, 0.4) is 0 Å². The second-order valence-corrected chi connectivity index (χ2v) is 6.24. The number of hydrogen-bond acceptors (Lipinski definition) is 6. The second kappa shape index (κ2) is 6.37. The Bertz CT molecular complexity index is 741. The number of ether oxygens (including phenoxy) is 3. The van der Waals surface area contributed by atoms with Crippen LogP contribution in [0.4, 0.5) is 0 Å². The maximum atomic E-state index is 5.39. The molecule has 0 radical (unpaired) electrons. The fourth-order valence-corrected chi connectivity index (χ4v) is 3.79. The molecule has 22 heavy (non-hydrogen) atoms. The van der Waals surface area contributed by atoms with Gasteiger partial charge in [0.15, 0.2) is 11.5 Å². The summed E-state index contributed by atoms with van der Waals surface area (Å²) in [4.78, 5) is 5.88. The molecule has 0 saturated heterocycles. The maximum absolute atomic E-state index is 5.39. The first-order chi connectivity index (χ1) is 10.8. The predicted octanol–water partition coefficient (Wildman–Crippen LogP) is 4.56. The highest BCUT2D eigenvalue weighted by Gasteiger charge is 2.16. The number of benzene rings is 1. The molecule has 114 valence electrons. The summed E-state index contributed by atoms with van der Waals surface area (Å²) in [5.74, 6) is 1.84. The molecule has 2 aromatic heterocycles. The van der Waals surface area contributed by atoms with Crippen LogP contribution in [0.2, 0.25) is 0 Å². The van der Waals surface area contributed by atoms with Crippen LogP contribution in [0.5, 0.6) is 17.2 Å². The van der Waals surface area contributed by atoms with E-state index in [1.807, 2.05) is 23.6 Å². The molecule has 4 nitrogen and oxygen atoms in total. The van der Waals surface area contributed by atoms with Gasteiger partial charge in [0.1, 0.15) is 5.01 Å². The number of nitrogens with zero attached hydrogens (tertiary/aromatic N) is 1. The van der Waals surface area contributed by atoms with Gasteiger partial charge in [-0.25, -0.2) is 4.98 Å². The largest absolute Gasteiger partial charge is 0.493 e. The Balaban J connectivity index is 2.05. The standard InChI is InChI=1S/C16H15NO3S2/c1-18-12-7-10(8-13(19-2)15(12)20-3)11-9-22-16(17-11)14-5-4-6-21-14/h4-9H,1-3H3. The minimum Gasteiger partial charge on any atom is -0.493 e. The van der Waals surface area contributed by atoms with Crippen LogP contribution in [0.15, 0.2) is 35.0 Å². The number of thiazole rings is 1. The van der Waals surface area contributed by atoms with E-state index in [1.165, 1.54) is 4.88 Å². The fraction of sp³-hybridized carbons (Fsp3) is 0.188. The van der Waals surface area contributed by atoms with Crippen molar-refractivity contribution < 1.29 is 14.2 Å². The third-order valence-electron chi connectivity index (χ3n) is 3.20. The molecule has 0 unspecified atom stereocenters. The smallest absolute Gasteiger partial charge is 0.203 e. The molecule has 0 saturated carbocycles. The van der Waals surface area contributed by atoms with E-state index in [0.29, 0.717) is 17.2 Å². The molecule has 0 fully saturated rings. The summed E-state index contributed by atoms with van der Waals surface area (Å²) in [6, 6.07) is 7.92. The molecule has 2 heterocycles. The SMILES string of the molecule is COc1cc(-c2csc(-c3cccs3)n2)cc(OC)c1OC. The minimum absolute atomic E-state index is 0.586. The molecule has 0 bridgehead atoms. The summed E-state index contributed by atoms with van der Waals surface area (Å²) >= 11 is 3.31. The van der Waals surface area contributed by atoms with Gasteiger partial charge in [-0.1, -0.05) is 6.07 Å². The Morgan fingerprint density at radius 3 is 2.23 bits per heavy atom. The molecule has 1 aromatic carbocycles. The number of thiophene rings is 1. The molecule has 0 aliphatic heterocycles. The van der Waals surface area contributed by atoms with Gasteiger partial charge in [0.2, 0.25) is 5.75 Å². The van der Waals surface area contributed by atoms with Crippen LogP contribution >= 0.6 is 22.7 Å². The Morgan fingerprint density at radius 1 is 0.955 bits per heavy atom. The summed E-state index contributed by atoms with van der Waals surface area (Å²) in [5, 5.41) is 5.10. The monoisotopic (exact) mass is 333 g/mol. The van der Waals surface area contributed by atoms with Gasteiger partial charge < -0.3 is 14.2 Å². The van der Waals surface area contributed by atoms with Crippen molar-refractivity contribution in [2.24, 2.45) is 0 Å². The topological polar surface area (TPSA) is 40.6 Å². The van der Waals surface area contributed by atoms with Crippen LogP contribution in [0.25, 0.3) is 21.1 Å². The van der Waals surface area contributed by atoms with Gasteiger partial charge in [-0.3, -0.25) is 0 Å². The summed E-state index contributed by atoms with van der Waals surface area (Å²) in [5.41, 5.74) is 1.83. The van der Waals surface area contributed by atoms with E-state index in [1.54, 1.807) is 44.0 Å². The van der Waals surface area contributed by atoms with E-state index < -0.39 is 0 Å². The zero-order valence-corrected chi connectivity index (χ0v) is 14.1. The lowest BCUT2D eigenvalue weighted by Crippen LogP contribution is -1.95. The van der Waals surface area contributed by atoms with Crippen LogP contribution in [-0.4, -0.2) is 26.3 Å². The summed E-state index contributed by atoms with van der Waals surface area (Å²) in [6.07, 6.45) is 0. The van der Waals surface area contributed by atoms with Crippen LogP contribution < -0.4 is 14.2 Å². The Labute approximate surface area is 136 Å². The molecular formula is C16H15NO3S2. The Morgan fingerprint density at radius 2 is 1.68 bits per heavy atom. The average Bonchev–Trinajstić information content (AvgIpc) is 3.23. The lowest BCUT2D eigenvalue weighted by molar-refractivity contribution is 0.324. The molecule has 0 amide bonds. The van der Waals surface area contributed by atoms with Crippen molar-refractivity contribution in [1.82, 2.24) is 4.98 Å². The number of aromatic nitrogens is 1. The highest BCUT2D eigenvalue weighted by molar-refractivity contribution is 7.20. The first kappa shape index (κ1) is 14.9. The zero-order chi connectivity index (χ0) is 15.5. The number of hydrogen-bond donors (Lipinski definition) is 0. The molecule has 0 spiro atoms. The molecule has 3 aromatic rings. The van der Waals surface area contributed by atoms with E-state index in [-0.39, 0.29) is 0 Å². The van der Waals surface area contributed by atoms with Gasteiger partial charge in [0, 0.05) is 10.9 Å². The lowest BCUT2D eigenvalue weighted by atomic mass is 10.1. The van der Waals surface area contributed by atoms with E-state index in [4.69, 9.17) is 19.2 Å². The lowest BCUT2D eigenvalue weighted by Gasteiger charge is -2.13. The third kappa shape index (κ3) is 2.67. The van der Waals surface area contributed by atoms with Gasteiger partial charge in [0.05, 0.1) is 31.9 Å². The van der Waals surface area contributed by atoms with Crippen molar-refractivity contribution in [3.8, 4) is 38.4 Å². The van der Waals surface area contributed by atoms with E-state index >= 15 is 0 Å². The van der Waals surface area contributed by atoms with Crippen LogP contribution in [0, 0.1) is 0 Å². The Kier molecular flexibility index (Phi) is 4.31. The van der Waals surface area contributed by atoms with Crippen LogP contribution in [-0.2, 0) is 0 Å². The second-order valence-electron chi connectivity index (χ2n) is 4.43. The van der Waals surface area contributed by atoms with Crippen molar-refractivity contribution in [2.75, 3.05) is 21.3 Å². The zero-order valence-electron chi connectivity index (χ0n) is 12.5. The van der Waals surface area contributed by atoms with E-state index in [2.05, 4.69) is 11.4 Å². The molecule has 6 heteroatoms. The normalized spacial score (nSPS) is 10.5. The van der Waals surface area contributed by atoms with Crippen molar-refractivity contribution >= 4 is 22.7 Å². The minimum atomic E-state index is 0.586. The van der Waals surface area contributed by atoms with Crippen molar-refractivity contribution in [3.63, 3.8) is 0 Å². The first-order valence-electron chi connectivity index (χ1n) is 6.56. The predicted molar refractivity (Wildman–Crippen MR) is 90.5 cm³/mol. The molecular weight excluding hydrogens is 318 g/mol. The third-order valence-corrected chi connectivity index (χ3v) is 5.08. The van der Waals surface area contributed by atoms with Gasteiger partial charge in [-0.05, 0) is 23.6 Å². The van der Waals surface area contributed by atoms with Crippen LogP contribution in [0.1, 0.15) is 0 Å². The highest BCUT2D eigenvalue weighted by Crippen LogP contribution is 2.42. The van der Waals surface area contributed by atoms with E-state index in [0.717, 1.165) is 16.3 Å². The number of rotatable bonds is 5. The average molecular weight is 333 g/mol. The maximum Gasteiger partial charge on any atom is 0.203 e. The van der Waals surface area contributed by atoms with Gasteiger partial charge in [0.25, 0.3) is 0 Å². The molecule has 0 aliphatic rings. The first-order valence-corrected chi connectivity index (χ1v) is 8.32. The molecule has 0 atom stereocenters. The quantitative estimate of drug-likeness (QED) is 0.686. The Hall–Kier alpha value is -2.05. The number of methoxy groups -OCH3 is 3. The summed E-state index contributed by atoms with van der Waals surface area (Å²) in [7, 11) is 4.82. The molecule has 0 N–H and O–H groups in total. The van der Waals surface area contributed by atoms with Gasteiger partial charge in [-0.15, -0.1) is 22.7 Å². The highest BCUT2D eigenvalue weighted by atomic mass is 32.1. The van der Waals surface area contributed by atoms with Crippen molar-refractivity contribution in [2.45, 2.75) is 0 Å². The molecule has 0 aliphatic carbocycles. The van der Waals surface area contributed by atoms with E-state index in [9.17, 15) is 0 Å².